The third-order valence-electron chi connectivity index (χ3n) is 3.36. The van der Waals surface area contributed by atoms with Gasteiger partial charge in [0.1, 0.15) is 6.42 Å². The summed E-state index contributed by atoms with van der Waals surface area (Å²) < 4.78 is 0. The molecule has 2 unspecified atom stereocenters. The number of hydrogen-bond donors (Lipinski definition) is 1. The van der Waals surface area contributed by atoms with Crippen LogP contribution < -0.4 is 5.32 Å². The first-order chi connectivity index (χ1) is 8.00. The van der Waals surface area contributed by atoms with Gasteiger partial charge in [0.25, 0.3) is 5.91 Å². The molecule has 6 nitrogen and oxygen atoms in total. The molecule has 2 fully saturated rings. The Kier molecular flexibility index (Phi) is 3.15. The summed E-state index contributed by atoms with van der Waals surface area (Å²) in [5.41, 5.74) is 0. The number of urea groups is 1. The number of carbonyl (C=O) groups is 3. The molecule has 2 heterocycles. The van der Waals surface area contributed by atoms with Crippen molar-refractivity contribution < 1.29 is 14.4 Å². The highest BCUT2D eigenvalue weighted by Crippen LogP contribution is 2.25. The van der Waals surface area contributed by atoms with Gasteiger partial charge in [0, 0.05) is 12.1 Å². The Morgan fingerprint density at radius 2 is 1.71 bits per heavy atom. The van der Waals surface area contributed by atoms with Gasteiger partial charge in [-0.2, -0.15) is 5.01 Å². The van der Waals surface area contributed by atoms with E-state index >= 15 is 0 Å². The molecule has 2 saturated heterocycles. The van der Waals surface area contributed by atoms with Crippen LogP contribution in [-0.2, 0) is 9.59 Å². The summed E-state index contributed by atoms with van der Waals surface area (Å²) in [7, 11) is 0. The van der Waals surface area contributed by atoms with E-state index in [1.54, 1.807) is 5.01 Å². The summed E-state index contributed by atoms with van der Waals surface area (Å²) in [5.74, 6) is -0.951. The van der Waals surface area contributed by atoms with E-state index in [2.05, 4.69) is 5.32 Å². The normalized spacial score (nSPS) is 31.6. The van der Waals surface area contributed by atoms with Crippen LogP contribution in [0.15, 0.2) is 0 Å². The van der Waals surface area contributed by atoms with Gasteiger partial charge in [-0.1, -0.05) is 6.42 Å². The maximum Gasteiger partial charge on any atom is 0.345 e. The smallest absolute Gasteiger partial charge is 0.276 e. The Balaban J connectivity index is 2.22. The van der Waals surface area contributed by atoms with Gasteiger partial charge in [-0.25, -0.2) is 9.80 Å². The van der Waals surface area contributed by atoms with E-state index in [0.717, 1.165) is 24.3 Å². The first kappa shape index (κ1) is 12.0. The Bertz CT molecular complexity index is 339. The lowest BCUT2D eigenvalue weighted by Crippen LogP contribution is -2.64. The van der Waals surface area contributed by atoms with Crippen LogP contribution in [0.1, 0.15) is 39.5 Å². The van der Waals surface area contributed by atoms with Crippen molar-refractivity contribution in [3.63, 3.8) is 0 Å². The second-order valence-electron chi connectivity index (χ2n) is 4.74. The summed E-state index contributed by atoms with van der Waals surface area (Å²) in [5, 5.41) is 5.09. The average molecular weight is 239 g/mol. The highest BCUT2D eigenvalue weighted by Gasteiger charge is 2.40. The molecule has 0 spiro atoms. The predicted molar refractivity (Wildman–Crippen MR) is 59.6 cm³/mol. The molecule has 94 valence electrons. The van der Waals surface area contributed by atoms with Crippen molar-refractivity contribution >= 4 is 17.8 Å². The molecule has 1 N–H and O–H groups in total. The van der Waals surface area contributed by atoms with Crippen molar-refractivity contribution in [1.29, 1.82) is 0 Å². The molecule has 2 aliphatic heterocycles. The molecule has 0 aromatic rings. The van der Waals surface area contributed by atoms with Crippen LogP contribution in [0.4, 0.5) is 4.79 Å². The van der Waals surface area contributed by atoms with Crippen molar-refractivity contribution in [2.24, 2.45) is 0 Å². The Morgan fingerprint density at radius 3 is 2.24 bits per heavy atom. The van der Waals surface area contributed by atoms with Gasteiger partial charge in [-0.05, 0) is 26.7 Å². The minimum atomic E-state index is -0.619. The quantitative estimate of drug-likeness (QED) is 0.681. The molecule has 2 atom stereocenters. The van der Waals surface area contributed by atoms with Gasteiger partial charge >= 0.3 is 6.03 Å². The lowest BCUT2D eigenvalue weighted by atomic mass is 9.99. The summed E-state index contributed by atoms with van der Waals surface area (Å²) in [6.07, 6.45) is 2.76. The van der Waals surface area contributed by atoms with Crippen LogP contribution in [0.5, 0.6) is 0 Å². The fourth-order valence-electron chi connectivity index (χ4n) is 2.58. The number of barbiturate groups is 1. The minimum Gasteiger partial charge on any atom is -0.276 e. The molecule has 0 aromatic heterocycles. The monoisotopic (exact) mass is 239 g/mol. The van der Waals surface area contributed by atoms with Gasteiger partial charge in [0.05, 0.1) is 0 Å². The number of hydrogen-bond acceptors (Lipinski definition) is 4. The highest BCUT2D eigenvalue weighted by atomic mass is 16.2. The first-order valence-corrected chi connectivity index (χ1v) is 5.95. The van der Waals surface area contributed by atoms with E-state index in [-0.39, 0.29) is 18.5 Å². The van der Waals surface area contributed by atoms with Gasteiger partial charge < -0.3 is 0 Å². The molecular formula is C11H17N3O3. The standard InChI is InChI=1S/C11H17N3O3/c1-7-4-3-5-8(2)13(7)14-10(16)6-9(15)12-11(14)17/h7-8H,3-6H2,1-2H3,(H,12,15,17). The number of rotatable bonds is 1. The summed E-state index contributed by atoms with van der Waals surface area (Å²) in [6, 6.07) is -0.338. The summed E-state index contributed by atoms with van der Waals surface area (Å²) in [6.45, 7) is 3.99. The zero-order valence-corrected chi connectivity index (χ0v) is 10.1. The van der Waals surface area contributed by atoms with Gasteiger partial charge in [0.15, 0.2) is 0 Å². The third-order valence-corrected chi connectivity index (χ3v) is 3.36. The highest BCUT2D eigenvalue weighted by molar-refractivity contribution is 6.13. The largest absolute Gasteiger partial charge is 0.345 e. The van der Waals surface area contributed by atoms with Crippen molar-refractivity contribution in [2.75, 3.05) is 0 Å². The number of piperidine rings is 1. The maximum absolute atomic E-state index is 11.8. The van der Waals surface area contributed by atoms with E-state index in [4.69, 9.17) is 0 Å². The van der Waals surface area contributed by atoms with Crippen LogP contribution in [-0.4, -0.2) is 39.9 Å². The topological polar surface area (TPSA) is 69.7 Å². The molecular weight excluding hydrogens is 222 g/mol. The second-order valence-corrected chi connectivity index (χ2v) is 4.74. The fourth-order valence-corrected chi connectivity index (χ4v) is 2.58. The fraction of sp³-hybridized carbons (Fsp3) is 0.727. The molecule has 4 amide bonds. The molecule has 2 aliphatic rings. The molecule has 0 aromatic carbocycles. The van der Waals surface area contributed by atoms with E-state index < -0.39 is 17.8 Å². The van der Waals surface area contributed by atoms with Gasteiger partial charge in [0.2, 0.25) is 5.91 Å². The van der Waals surface area contributed by atoms with E-state index in [1.165, 1.54) is 0 Å². The lowest BCUT2D eigenvalue weighted by molar-refractivity contribution is -0.157. The van der Waals surface area contributed by atoms with E-state index in [9.17, 15) is 14.4 Å². The Labute approximate surface area is 99.9 Å². The van der Waals surface area contributed by atoms with E-state index in [0.29, 0.717) is 0 Å². The number of carbonyl (C=O) groups excluding carboxylic acids is 3. The third kappa shape index (κ3) is 2.17. The van der Waals surface area contributed by atoms with Crippen LogP contribution in [0, 0.1) is 0 Å². The minimum absolute atomic E-state index is 0.140. The van der Waals surface area contributed by atoms with Crippen molar-refractivity contribution in [3.8, 4) is 0 Å². The van der Waals surface area contributed by atoms with Gasteiger partial charge in [-0.3, -0.25) is 14.9 Å². The molecule has 6 heteroatoms. The SMILES string of the molecule is CC1CCCC(C)N1N1C(=O)CC(=O)NC1=O. The zero-order valence-electron chi connectivity index (χ0n) is 10.1. The molecule has 0 bridgehead atoms. The zero-order chi connectivity index (χ0) is 12.6. The van der Waals surface area contributed by atoms with Crippen molar-refractivity contribution in [2.45, 2.75) is 51.6 Å². The molecule has 0 radical (unpaired) electrons. The summed E-state index contributed by atoms with van der Waals surface area (Å²) >= 11 is 0. The number of amides is 4. The van der Waals surface area contributed by atoms with Crippen LogP contribution in [0.25, 0.3) is 0 Å². The van der Waals surface area contributed by atoms with Gasteiger partial charge in [-0.15, -0.1) is 0 Å². The Morgan fingerprint density at radius 1 is 1.12 bits per heavy atom. The Hall–Kier alpha value is -1.43. The van der Waals surface area contributed by atoms with E-state index in [1.807, 2.05) is 13.8 Å². The van der Waals surface area contributed by atoms with Crippen molar-refractivity contribution in [1.82, 2.24) is 15.3 Å². The predicted octanol–water partition coefficient (Wildman–Crippen LogP) is 0.633. The average Bonchev–Trinajstić information content (AvgIpc) is 2.21. The first-order valence-electron chi connectivity index (χ1n) is 5.95. The molecule has 17 heavy (non-hydrogen) atoms. The summed E-state index contributed by atoms with van der Waals surface area (Å²) in [4.78, 5) is 34.6. The number of hydrazine groups is 1. The second kappa shape index (κ2) is 4.44. The van der Waals surface area contributed by atoms with Crippen LogP contribution >= 0.6 is 0 Å². The number of nitrogens with one attached hydrogen (secondary N) is 1. The maximum atomic E-state index is 11.8. The van der Waals surface area contributed by atoms with Crippen LogP contribution in [0.3, 0.4) is 0 Å². The number of nitrogens with zero attached hydrogens (tertiary/aromatic N) is 2. The molecule has 0 aliphatic carbocycles. The number of imide groups is 2. The molecule has 2 rings (SSSR count). The van der Waals surface area contributed by atoms with Crippen molar-refractivity contribution in [3.05, 3.63) is 0 Å². The van der Waals surface area contributed by atoms with Crippen LogP contribution in [0.2, 0.25) is 0 Å². The lowest BCUT2D eigenvalue weighted by Gasteiger charge is -2.45. The molecule has 0 saturated carbocycles.